The van der Waals surface area contributed by atoms with Crippen molar-refractivity contribution >= 4 is 11.8 Å². The van der Waals surface area contributed by atoms with E-state index in [1.807, 2.05) is 31.2 Å². The molecular weight excluding hydrogens is 304 g/mol. The van der Waals surface area contributed by atoms with Gasteiger partial charge in [-0.1, -0.05) is 12.1 Å². The molecule has 126 valence electrons. The molecule has 1 N–H and O–H groups in total. The Kier molecular flexibility index (Phi) is 11.1. The summed E-state index contributed by atoms with van der Waals surface area (Å²) in [4.78, 5) is 0. The largest absolute Gasteiger partial charge is 0.497 e. The molecule has 0 radical (unpaired) electrons. The topological polar surface area (TPSA) is 57.2 Å². The molecule has 0 aliphatic rings. The van der Waals surface area contributed by atoms with Crippen LogP contribution >= 0.6 is 11.8 Å². The molecule has 0 bridgehead atoms. The molecule has 0 saturated heterocycles. The van der Waals surface area contributed by atoms with Crippen molar-refractivity contribution in [2.45, 2.75) is 18.1 Å². The first-order valence-corrected chi connectivity index (χ1v) is 8.47. The minimum absolute atomic E-state index is 0.301. The molecule has 5 nitrogen and oxygen atoms in total. The number of aliphatic hydroxyl groups is 1. The van der Waals surface area contributed by atoms with E-state index in [9.17, 15) is 5.11 Å². The molecule has 1 unspecified atom stereocenters. The van der Waals surface area contributed by atoms with Gasteiger partial charge >= 0.3 is 0 Å². The highest BCUT2D eigenvalue weighted by Crippen LogP contribution is 2.19. The summed E-state index contributed by atoms with van der Waals surface area (Å²) in [6.45, 7) is 5.14. The molecule has 6 heteroatoms. The first kappa shape index (κ1) is 19.3. The molecule has 0 heterocycles. The van der Waals surface area contributed by atoms with E-state index >= 15 is 0 Å². The number of hydrogen-bond acceptors (Lipinski definition) is 6. The van der Waals surface area contributed by atoms with Gasteiger partial charge in [-0.3, -0.25) is 0 Å². The lowest BCUT2D eigenvalue weighted by Crippen LogP contribution is -2.15. The van der Waals surface area contributed by atoms with E-state index in [2.05, 4.69) is 0 Å². The van der Waals surface area contributed by atoms with Crippen LogP contribution in [0.2, 0.25) is 0 Å². The fraction of sp³-hybridized carbons (Fsp3) is 0.625. The van der Waals surface area contributed by atoms with Gasteiger partial charge in [0.25, 0.3) is 0 Å². The zero-order chi connectivity index (χ0) is 16.0. The molecule has 1 atom stereocenters. The van der Waals surface area contributed by atoms with Crippen LogP contribution in [0.4, 0.5) is 0 Å². The van der Waals surface area contributed by atoms with Crippen molar-refractivity contribution in [3.8, 4) is 5.75 Å². The maximum absolute atomic E-state index is 9.84. The third kappa shape index (κ3) is 9.27. The molecule has 22 heavy (non-hydrogen) atoms. The average Bonchev–Trinajstić information content (AvgIpc) is 2.56. The highest BCUT2D eigenvalue weighted by atomic mass is 32.2. The van der Waals surface area contributed by atoms with Gasteiger partial charge in [-0.15, -0.1) is 11.8 Å². The summed E-state index contributed by atoms with van der Waals surface area (Å²) < 4.78 is 20.9. The Morgan fingerprint density at radius 1 is 1.00 bits per heavy atom. The third-order valence-corrected chi connectivity index (χ3v) is 3.83. The minimum Gasteiger partial charge on any atom is -0.497 e. The summed E-state index contributed by atoms with van der Waals surface area (Å²) in [6, 6.07) is 7.81. The smallest absolute Gasteiger partial charge is 0.123 e. The Hall–Kier alpha value is -0.790. The number of hydrogen-bond donors (Lipinski definition) is 1. The van der Waals surface area contributed by atoms with E-state index in [-0.39, 0.29) is 0 Å². The second-order valence-electron chi connectivity index (χ2n) is 4.50. The highest BCUT2D eigenvalue weighted by molar-refractivity contribution is 7.99. The second-order valence-corrected chi connectivity index (χ2v) is 5.66. The average molecular weight is 330 g/mol. The fourth-order valence-electron chi connectivity index (χ4n) is 1.63. The Labute approximate surface area is 136 Å². The van der Waals surface area contributed by atoms with E-state index in [4.69, 9.17) is 18.9 Å². The minimum atomic E-state index is -0.537. The van der Waals surface area contributed by atoms with E-state index in [1.54, 1.807) is 7.11 Å². The van der Waals surface area contributed by atoms with Gasteiger partial charge in [-0.05, 0) is 24.6 Å². The molecule has 1 aromatic rings. The van der Waals surface area contributed by atoms with Gasteiger partial charge in [0.15, 0.2) is 0 Å². The number of aliphatic hydroxyl groups excluding tert-OH is 1. The molecule has 0 fully saturated rings. The number of ether oxygens (including phenoxy) is 4. The third-order valence-electron chi connectivity index (χ3n) is 2.81. The maximum atomic E-state index is 9.84. The van der Waals surface area contributed by atoms with Crippen molar-refractivity contribution in [2.75, 3.05) is 46.8 Å². The lowest BCUT2D eigenvalue weighted by Gasteiger charge is -2.11. The van der Waals surface area contributed by atoms with Crippen molar-refractivity contribution < 1.29 is 24.1 Å². The monoisotopic (exact) mass is 330 g/mol. The molecule has 0 aliphatic carbocycles. The summed E-state index contributed by atoms with van der Waals surface area (Å²) >= 11 is 1.45. The fourth-order valence-corrected chi connectivity index (χ4v) is 2.40. The van der Waals surface area contributed by atoms with E-state index in [1.165, 1.54) is 11.8 Å². The Morgan fingerprint density at radius 2 is 1.64 bits per heavy atom. The molecule has 1 aromatic carbocycles. The number of methoxy groups -OCH3 is 1. The van der Waals surface area contributed by atoms with Crippen molar-refractivity contribution in [1.29, 1.82) is 0 Å². The summed E-state index contributed by atoms with van der Waals surface area (Å²) in [5.41, 5.74) is 0.606. The Balaban J connectivity index is 2.00. The van der Waals surface area contributed by atoms with Crippen LogP contribution in [0, 0.1) is 0 Å². The summed E-state index contributed by atoms with van der Waals surface area (Å²) in [7, 11) is 1.64. The lowest BCUT2D eigenvalue weighted by atomic mass is 10.2. The Morgan fingerprint density at radius 3 is 2.27 bits per heavy atom. The van der Waals surface area contributed by atoms with Gasteiger partial charge in [-0.2, -0.15) is 0 Å². The molecular formula is C16H26O5S. The quantitative estimate of drug-likeness (QED) is 0.442. The van der Waals surface area contributed by atoms with Gasteiger partial charge in [-0.25, -0.2) is 0 Å². The maximum Gasteiger partial charge on any atom is 0.123 e. The van der Waals surface area contributed by atoms with Crippen LogP contribution in [-0.2, 0) is 20.0 Å². The highest BCUT2D eigenvalue weighted by Gasteiger charge is 2.05. The molecule has 0 aromatic heterocycles. The van der Waals surface area contributed by atoms with Gasteiger partial charge < -0.3 is 24.1 Å². The van der Waals surface area contributed by atoms with E-state index < -0.39 is 5.44 Å². The lowest BCUT2D eigenvalue weighted by molar-refractivity contribution is 0.00569. The standard InChI is InChI=1S/C16H26O5S/c1-3-19-8-9-20-10-11-21-12-16(17)22-13-14-4-6-15(18-2)7-5-14/h4-7,16-17H,3,8-13H2,1-2H3. The molecule has 1 rings (SSSR count). The zero-order valence-electron chi connectivity index (χ0n) is 13.3. The molecule has 0 saturated carbocycles. The zero-order valence-corrected chi connectivity index (χ0v) is 14.1. The van der Waals surface area contributed by atoms with Gasteiger partial charge in [0.1, 0.15) is 11.2 Å². The summed E-state index contributed by atoms with van der Waals surface area (Å²) in [6.07, 6.45) is 0. The number of thioether (sulfide) groups is 1. The van der Waals surface area contributed by atoms with Crippen molar-refractivity contribution in [3.63, 3.8) is 0 Å². The van der Waals surface area contributed by atoms with Crippen molar-refractivity contribution in [1.82, 2.24) is 0 Å². The van der Waals surface area contributed by atoms with Crippen LogP contribution in [0.25, 0.3) is 0 Å². The van der Waals surface area contributed by atoms with Crippen LogP contribution in [0.3, 0.4) is 0 Å². The first-order chi connectivity index (χ1) is 10.8. The number of benzene rings is 1. The van der Waals surface area contributed by atoms with Crippen LogP contribution < -0.4 is 4.74 Å². The van der Waals surface area contributed by atoms with Crippen LogP contribution in [0.1, 0.15) is 12.5 Å². The van der Waals surface area contributed by atoms with Gasteiger partial charge in [0.05, 0.1) is 40.1 Å². The van der Waals surface area contributed by atoms with Crippen LogP contribution in [0.5, 0.6) is 5.75 Å². The van der Waals surface area contributed by atoms with Gasteiger partial charge in [0.2, 0.25) is 0 Å². The van der Waals surface area contributed by atoms with Crippen LogP contribution in [-0.4, -0.2) is 57.3 Å². The predicted octanol–water partition coefficient (Wildman–Crippen LogP) is 2.32. The number of rotatable bonds is 13. The van der Waals surface area contributed by atoms with E-state index in [0.29, 0.717) is 39.6 Å². The summed E-state index contributed by atoms with van der Waals surface area (Å²) in [5, 5.41) is 9.84. The SMILES string of the molecule is CCOCCOCCOCC(O)SCc1ccc(OC)cc1. The second kappa shape index (κ2) is 12.7. The first-order valence-electron chi connectivity index (χ1n) is 7.42. The van der Waals surface area contributed by atoms with Crippen molar-refractivity contribution in [3.05, 3.63) is 29.8 Å². The van der Waals surface area contributed by atoms with Crippen LogP contribution in [0.15, 0.2) is 24.3 Å². The molecule has 0 aliphatic heterocycles. The van der Waals surface area contributed by atoms with Crippen molar-refractivity contribution in [2.24, 2.45) is 0 Å². The van der Waals surface area contributed by atoms with E-state index in [0.717, 1.165) is 17.1 Å². The normalized spacial score (nSPS) is 12.3. The molecule has 0 spiro atoms. The van der Waals surface area contributed by atoms with Gasteiger partial charge in [0, 0.05) is 12.4 Å². The summed E-state index contributed by atoms with van der Waals surface area (Å²) in [5.74, 6) is 1.57. The predicted molar refractivity (Wildman–Crippen MR) is 88.4 cm³/mol. The molecule has 0 amide bonds. The Bertz CT molecular complexity index is 371.